The van der Waals surface area contributed by atoms with Crippen LogP contribution in [-0.4, -0.2) is 45.8 Å². The lowest BCUT2D eigenvalue weighted by molar-refractivity contribution is -0.124. The third-order valence-electron chi connectivity index (χ3n) is 6.00. The number of fused-ring (bicyclic) bond motifs is 2. The zero-order valence-corrected chi connectivity index (χ0v) is 17.9. The van der Waals surface area contributed by atoms with Gasteiger partial charge in [0.1, 0.15) is 0 Å². The number of aromatic nitrogens is 1. The molecule has 31 heavy (non-hydrogen) atoms. The number of aliphatic hydroxyl groups excluding tert-OH is 1. The molecule has 1 amide bonds. The van der Waals surface area contributed by atoms with E-state index in [2.05, 4.69) is 34.3 Å². The molecule has 4 rings (SSSR count). The molecule has 0 saturated heterocycles. The van der Waals surface area contributed by atoms with Crippen LogP contribution in [0.1, 0.15) is 34.7 Å². The molecule has 0 bridgehead atoms. The van der Waals surface area contributed by atoms with Gasteiger partial charge in [0.25, 0.3) is 5.91 Å². The summed E-state index contributed by atoms with van der Waals surface area (Å²) in [6.07, 6.45) is 7.69. The summed E-state index contributed by atoms with van der Waals surface area (Å²) < 4.78 is 0. The Balaban J connectivity index is 1.53. The molecule has 1 aliphatic carbocycles. The summed E-state index contributed by atoms with van der Waals surface area (Å²) in [5, 5.41) is 20.1. The van der Waals surface area contributed by atoms with E-state index in [-0.39, 0.29) is 12.6 Å². The minimum absolute atomic E-state index is 0.102. The van der Waals surface area contributed by atoms with Crippen LogP contribution < -0.4 is 5.48 Å². The van der Waals surface area contributed by atoms with Gasteiger partial charge >= 0.3 is 0 Å². The highest BCUT2D eigenvalue weighted by atomic mass is 35.5. The fourth-order valence-electron chi connectivity index (χ4n) is 4.49. The Bertz CT molecular complexity index is 1110. The number of H-pyrrole nitrogens is 1. The van der Waals surface area contributed by atoms with E-state index >= 15 is 0 Å². The lowest BCUT2D eigenvalue weighted by Crippen LogP contribution is -2.32. The molecule has 3 aromatic rings. The van der Waals surface area contributed by atoms with E-state index in [4.69, 9.17) is 16.8 Å². The number of halogens is 1. The van der Waals surface area contributed by atoms with Gasteiger partial charge in [-0.25, -0.2) is 5.48 Å². The zero-order chi connectivity index (χ0) is 21.8. The van der Waals surface area contributed by atoms with Crippen molar-refractivity contribution >= 4 is 34.5 Å². The van der Waals surface area contributed by atoms with Crippen molar-refractivity contribution in [2.24, 2.45) is 0 Å². The third-order valence-corrected chi connectivity index (χ3v) is 6.33. The monoisotopic (exact) mass is 439 g/mol. The molecule has 1 aromatic heterocycles. The van der Waals surface area contributed by atoms with Crippen molar-refractivity contribution in [3.05, 3.63) is 75.9 Å². The van der Waals surface area contributed by atoms with Crippen LogP contribution in [0.3, 0.4) is 0 Å². The number of hydrogen-bond donors (Lipinski definition) is 4. The molecule has 162 valence electrons. The second kappa shape index (κ2) is 9.66. The van der Waals surface area contributed by atoms with Crippen LogP contribution in [0.2, 0.25) is 5.02 Å². The van der Waals surface area contributed by atoms with Gasteiger partial charge in [-0.2, -0.15) is 0 Å². The first-order valence-electron chi connectivity index (χ1n) is 10.4. The molecule has 1 aliphatic rings. The van der Waals surface area contributed by atoms with Gasteiger partial charge in [-0.1, -0.05) is 29.8 Å². The van der Waals surface area contributed by atoms with E-state index in [1.807, 2.05) is 18.2 Å². The zero-order valence-electron chi connectivity index (χ0n) is 17.1. The summed E-state index contributed by atoms with van der Waals surface area (Å²) in [7, 11) is 0. The Morgan fingerprint density at radius 2 is 2.13 bits per heavy atom. The number of hydrogen-bond acceptors (Lipinski definition) is 4. The first-order chi connectivity index (χ1) is 15.1. The number of carbonyl (C=O) groups is 1. The maximum atomic E-state index is 11.3. The smallest absolute Gasteiger partial charge is 0.267 e. The summed E-state index contributed by atoms with van der Waals surface area (Å²) in [5.41, 5.74) is 7.12. The third kappa shape index (κ3) is 4.67. The van der Waals surface area contributed by atoms with Gasteiger partial charge in [0.2, 0.25) is 0 Å². The summed E-state index contributed by atoms with van der Waals surface area (Å²) in [5.74, 6) is -0.596. The molecule has 1 unspecified atom stereocenters. The standard InChI is InChI=1S/C24H26ClN3O3/c25-21-14-20-16(13-17(21)6-8-24(30)27-31)5-7-23(20)28(11-12-29)10-9-18-15-26-22-4-2-1-3-19(18)22/h1-4,6,8,13-15,23,26,29,31H,5,7,9-12H2,(H,27,30). The van der Waals surface area contributed by atoms with Crippen LogP contribution in [-0.2, 0) is 17.6 Å². The number of aryl methyl sites for hydroxylation is 1. The molecule has 7 heteroatoms. The second-order valence-corrected chi connectivity index (χ2v) is 8.21. The van der Waals surface area contributed by atoms with Crippen molar-refractivity contribution < 1.29 is 15.1 Å². The van der Waals surface area contributed by atoms with Crippen LogP contribution in [0.25, 0.3) is 17.0 Å². The first-order valence-corrected chi connectivity index (χ1v) is 10.8. The lowest BCUT2D eigenvalue weighted by atomic mass is 10.0. The highest BCUT2D eigenvalue weighted by molar-refractivity contribution is 6.32. The average molecular weight is 440 g/mol. The van der Waals surface area contributed by atoms with Crippen molar-refractivity contribution in [2.75, 3.05) is 19.7 Å². The summed E-state index contributed by atoms with van der Waals surface area (Å²) in [6.45, 7) is 1.54. The van der Waals surface area contributed by atoms with Gasteiger partial charge in [0.05, 0.1) is 6.61 Å². The molecule has 0 aliphatic heterocycles. The number of para-hydroxylation sites is 1. The molecule has 0 saturated carbocycles. The highest BCUT2D eigenvalue weighted by Gasteiger charge is 2.28. The van der Waals surface area contributed by atoms with Gasteiger partial charge in [-0.3, -0.25) is 14.9 Å². The minimum Gasteiger partial charge on any atom is -0.395 e. The number of nitrogens with zero attached hydrogens (tertiary/aromatic N) is 1. The summed E-state index contributed by atoms with van der Waals surface area (Å²) in [4.78, 5) is 16.9. The van der Waals surface area contributed by atoms with E-state index in [0.717, 1.165) is 36.9 Å². The molecular formula is C24H26ClN3O3. The fourth-order valence-corrected chi connectivity index (χ4v) is 4.73. The Labute approximate surface area is 186 Å². The van der Waals surface area contributed by atoms with Crippen molar-refractivity contribution in [1.29, 1.82) is 0 Å². The normalized spacial score (nSPS) is 15.8. The predicted molar refractivity (Wildman–Crippen MR) is 122 cm³/mol. The molecular weight excluding hydrogens is 414 g/mol. The fraction of sp³-hybridized carbons (Fsp3) is 0.292. The van der Waals surface area contributed by atoms with Gasteiger partial charge in [0.15, 0.2) is 0 Å². The first kappa shape index (κ1) is 21.6. The van der Waals surface area contributed by atoms with Crippen molar-refractivity contribution in [3.63, 3.8) is 0 Å². The molecule has 1 atom stereocenters. The molecule has 4 N–H and O–H groups in total. The van der Waals surface area contributed by atoms with E-state index < -0.39 is 5.91 Å². The molecule has 0 spiro atoms. The second-order valence-electron chi connectivity index (χ2n) is 7.81. The maximum absolute atomic E-state index is 11.3. The Kier molecular flexibility index (Phi) is 6.73. The quantitative estimate of drug-likeness (QED) is 0.244. The van der Waals surface area contributed by atoms with Gasteiger partial charge in [0, 0.05) is 47.3 Å². The van der Waals surface area contributed by atoms with E-state index in [1.165, 1.54) is 28.2 Å². The van der Waals surface area contributed by atoms with E-state index in [1.54, 1.807) is 11.6 Å². The average Bonchev–Trinajstić information content (AvgIpc) is 3.38. The van der Waals surface area contributed by atoms with Crippen LogP contribution in [0.5, 0.6) is 0 Å². The Morgan fingerprint density at radius 3 is 2.94 bits per heavy atom. The van der Waals surface area contributed by atoms with E-state index in [0.29, 0.717) is 11.6 Å². The Hall–Kier alpha value is -2.64. The van der Waals surface area contributed by atoms with Crippen molar-refractivity contribution in [3.8, 4) is 0 Å². The van der Waals surface area contributed by atoms with Crippen LogP contribution >= 0.6 is 11.6 Å². The Morgan fingerprint density at radius 1 is 1.29 bits per heavy atom. The number of nitrogens with one attached hydrogen (secondary N) is 2. The highest BCUT2D eigenvalue weighted by Crippen LogP contribution is 2.39. The largest absolute Gasteiger partial charge is 0.395 e. The molecule has 2 aromatic carbocycles. The van der Waals surface area contributed by atoms with Gasteiger partial charge < -0.3 is 10.1 Å². The number of rotatable bonds is 8. The molecule has 1 heterocycles. The number of amides is 1. The molecule has 6 nitrogen and oxygen atoms in total. The summed E-state index contributed by atoms with van der Waals surface area (Å²) >= 11 is 6.49. The lowest BCUT2D eigenvalue weighted by Gasteiger charge is -2.29. The van der Waals surface area contributed by atoms with Crippen LogP contribution in [0.15, 0.2) is 48.7 Å². The molecule has 0 radical (unpaired) electrons. The predicted octanol–water partition coefficient (Wildman–Crippen LogP) is 3.86. The minimum atomic E-state index is -0.596. The topological polar surface area (TPSA) is 88.6 Å². The van der Waals surface area contributed by atoms with Crippen molar-refractivity contribution in [1.82, 2.24) is 15.4 Å². The van der Waals surface area contributed by atoms with Crippen LogP contribution in [0.4, 0.5) is 0 Å². The number of hydroxylamine groups is 1. The van der Waals surface area contributed by atoms with Crippen LogP contribution in [0, 0.1) is 0 Å². The van der Waals surface area contributed by atoms with Gasteiger partial charge in [-0.05, 0) is 65.8 Å². The maximum Gasteiger partial charge on any atom is 0.267 e. The summed E-state index contributed by atoms with van der Waals surface area (Å²) in [6, 6.07) is 12.5. The van der Waals surface area contributed by atoms with Crippen molar-refractivity contribution in [2.45, 2.75) is 25.3 Å². The number of benzene rings is 2. The van der Waals surface area contributed by atoms with E-state index in [9.17, 15) is 9.90 Å². The van der Waals surface area contributed by atoms with Gasteiger partial charge in [-0.15, -0.1) is 0 Å². The number of aliphatic hydroxyl groups is 1. The molecule has 0 fully saturated rings. The number of aromatic amines is 1. The number of carbonyl (C=O) groups excluding carboxylic acids is 1. The SMILES string of the molecule is O=C(C=Cc1cc2c(cc1Cl)C(N(CCO)CCc1c[nH]c3ccccc13)CC2)NO.